The van der Waals surface area contributed by atoms with Crippen LogP contribution in [0.5, 0.6) is 17.2 Å². The Labute approximate surface area is 212 Å². The fraction of sp³-hybridized carbons (Fsp3) is 0.414. The number of allylic oxidation sites excluding steroid dienone is 1. The Hall–Kier alpha value is -3.29. The molecule has 0 radical (unpaired) electrons. The van der Waals surface area contributed by atoms with Crippen molar-refractivity contribution in [2.45, 2.75) is 39.2 Å². The summed E-state index contributed by atoms with van der Waals surface area (Å²) in [6.45, 7) is 8.38. The van der Waals surface area contributed by atoms with Crippen LogP contribution in [0, 0.1) is 0 Å². The van der Waals surface area contributed by atoms with Crippen LogP contribution in [0.25, 0.3) is 17.0 Å². The highest BCUT2D eigenvalue weighted by molar-refractivity contribution is 6.16. The molecule has 0 bridgehead atoms. The van der Waals surface area contributed by atoms with Crippen LogP contribution in [0.2, 0.25) is 0 Å². The van der Waals surface area contributed by atoms with Crippen molar-refractivity contribution in [1.82, 2.24) is 14.4 Å². The van der Waals surface area contributed by atoms with Gasteiger partial charge in [0.15, 0.2) is 5.76 Å². The van der Waals surface area contributed by atoms with Crippen LogP contribution in [-0.2, 0) is 13.0 Å². The number of piperazine rings is 1. The molecule has 0 amide bonds. The van der Waals surface area contributed by atoms with E-state index in [4.69, 9.17) is 4.74 Å². The van der Waals surface area contributed by atoms with Gasteiger partial charge in [-0.3, -0.25) is 9.69 Å². The summed E-state index contributed by atoms with van der Waals surface area (Å²) in [5, 5.41) is 21.2. The standard InChI is InChI=1S/C29H35N3O4/c1-3-4-5-7-20-8-6-9-23-27(20)21(19-32(23)15-14-31-12-10-30(2)11-13-31)16-26-29(35)28-24(34)17-22(33)18-25(28)36-26/h6,8-9,16-19,33-34H,3-5,7,10-15H2,1-2H3. The second kappa shape index (κ2) is 10.4. The number of rotatable bonds is 8. The van der Waals surface area contributed by atoms with E-state index < -0.39 is 0 Å². The van der Waals surface area contributed by atoms with E-state index in [0.29, 0.717) is 0 Å². The number of ether oxygens (including phenoxy) is 1. The predicted molar refractivity (Wildman–Crippen MR) is 142 cm³/mol. The summed E-state index contributed by atoms with van der Waals surface area (Å²) in [5.74, 6) is -0.435. The van der Waals surface area contributed by atoms with Gasteiger partial charge in [-0.25, -0.2) is 0 Å². The molecule has 2 aliphatic rings. The van der Waals surface area contributed by atoms with Gasteiger partial charge < -0.3 is 24.4 Å². The number of hydrogen-bond donors (Lipinski definition) is 2. The van der Waals surface area contributed by atoms with Gasteiger partial charge in [0, 0.05) is 74.1 Å². The molecule has 0 saturated carbocycles. The molecule has 2 aromatic carbocycles. The first kappa shape index (κ1) is 24.4. The van der Waals surface area contributed by atoms with E-state index in [9.17, 15) is 15.0 Å². The fourth-order valence-corrected chi connectivity index (χ4v) is 5.27. The maximum Gasteiger partial charge on any atom is 0.235 e. The van der Waals surface area contributed by atoms with E-state index in [0.717, 1.165) is 75.0 Å². The highest BCUT2D eigenvalue weighted by atomic mass is 16.5. The number of Topliss-reactive ketones (excluding diaryl/α,β-unsaturated/α-hetero) is 1. The largest absolute Gasteiger partial charge is 0.508 e. The summed E-state index contributed by atoms with van der Waals surface area (Å²) in [6, 6.07) is 8.99. The van der Waals surface area contributed by atoms with Gasteiger partial charge in [-0.05, 0) is 37.6 Å². The second-order valence-electron chi connectivity index (χ2n) is 9.97. The molecule has 1 fully saturated rings. The van der Waals surface area contributed by atoms with Crippen molar-refractivity contribution in [3.8, 4) is 17.2 Å². The molecule has 1 aromatic heterocycles. The lowest BCUT2D eigenvalue weighted by Gasteiger charge is -2.32. The lowest BCUT2D eigenvalue weighted by Crippen LogP contribution is -2.45. The number of aromatic hydroxyl groups is 2. The molecule has 0 atom stereocenters. The first-order valence-electron chi connectivity index (χ1n) is 13.0. The highest BCUT2D eigenvalue weighted by Crippen LogP contribution is 2.41. The Kier molecular flexibility index (Phi) is 7.03. The topological polar surface area (TPSA) is 78.2 Å². The number of benzene rings is 2. The molecule has 3 aromatic rings. The third kappa shape index (κ3) is 4.86. The number of likely N-dealkylation sites (N-methyl/N-ethyl adjacent to an activating group) is 1. The van der Waals surface area contributed by atoms with E-state index in [2.05, 4.69) is 52.7 Å². The molecule has 190 valence electrons. The average Bonchev–Trinajstić information content (AvgIpc) is 3.36. The molecule has 0 aliphatic carbocycles. The number of ketones is 1. The van der Waals surface area contributed by atoms with Crippen molar-refractivity contribution in [3.05, 3.63) is 59.0 Å². The van der Waals surface area contributed by atoms with E-state index in [1.807, 2.05) is 0 Å². The fourth-order valence-electron chi connectivity index (χ4n) is 5.27. The van der Waals surface area contributed by atoms with Crippen molar-refractivity contribution in [1.29, 1.82) is 0 Å². The smallest absolute Gasteiger partial charge is 0.235 e. The summed E-state index contributed by atoms with van der Waals surface area (Å²) >= 11 is 0. The molecule has 1 saturated heterocycles. The quantitative estimate of drug-likeness (QED) is 0.354. The van der Waals surface area contributed by atoms with Crippen molar-refractivity contribution < 1.29 is 19.7 Å². The van der Waals surface area contributed by atoms with E-state index in [1.54, 1.807) is 6.08 Å². The van der Waals surface area contributed by atoms with Gasteiger partial charge in [0.25, 0.3) is 0 Å². The number of phenols is 2. The number of hydrogen-bond acceptors (Lipinski definition) is 6. The van der Waals surface area contributed by atoms with Crippen LogP contribution in [0.15, 0.2) is 42.3 Å². The minimum Gasteiger partial charge on any atom is -0.508 e. The van der Waals surface area contributed by atoms with Crippen LogP contribution >= 0.6 is 0 Å². The highest BCUT2D eigenvalue weighted by Gasteiger charge is 2.31. The minimum atomic E-state index is -0.371. The third-order valence-corrected chi connectivity index (χ3v) is 7.35. The van der Waals surface area contributed by atoms with Crippen LogP contribution in [0.1, 0.15) is 47.7 Å². The summed E-state index contributed by atoms with van der Waals surface area (Å²) in [7, 11) is 2.17. The average molecular weight is 490 g/mol. The van der Waals surface area contributed by atoms with Crippen LogP contribution in [0.4, 0.5) is 0 Å². The van der Waals surface area contributed by atoms with Crippen molar-refractivity contribution >= 4 is 22.8 Å². The Bertz CT molecular complexity index is 1300. The molecule has 5 rings (SSSR count). The van der Waals surface area contributed by atoms with E-state index >= 15 is 0 Å². The summed E-state index contributed by atoms with van der Waals surface area (Å²) < 4.78 is 8.11. The van der Waals surface area contributed by atoms with E-state index in [-0.39, 0.29) is 34.4 Å². The van der Waals surface area contributed by atoms with Gasteiger partial charge >= 0.3 is 0 Å². The zero-order valence-electron chi connectivity index (χ0n) is 21.2. The van der Waals surface area contributed by atoms with Crippen LogP contribution in [0.3, 0.4) is 0 Å². The van der Waals surface area contributed by atoms with Gasteiger partial charge in [0.2, 0.25) is 5.78 Å². The lowest BCUT2D eigenvalue weighted by molar-refractivity contribution is 0.101. The molecule has 36 heavy (non-hydrogen) atoms. The first-order chi connectivity index (χ1) is 17.4. The number of carbonyl (C=O) groups excluding carboxylic acids is 1. The number of nitrogens with zero attached hydrogens (tertiary/aromatic N) is 3. The molecule has 0 spiro atoms. The number of unbranched alkanes of at least 4 members (excludes halogenated alkanes) is 2. The van der Waals surface area contributed by atoms with Crippen LogP contribution in [-0.4, -0.2) is 70.1 Å². The SMILES string of the molecule is CCCCCc1cccc2c1c(C=C1Oc3cc(O)cc(O)c3C1=O)cn2CCN1CCN(C)CC1. The Balaban J connectivity index is 1.50. The first-order valence-corrected chi connectivity index (χ1v) is 13.0. The monoisotopic (exact) mass is 489 g/mol. The maximum atomic E-state index is 13.1. The zero-order chi connectivity index (χ0) is 25.2. The maximum absolute atomic E-state index is 13.1. The summed E-state index contributed by atoms with van der Waals surface area (Å²) in [6.07, 6.45) is 8.34. The normalized spacial score (nSPS) is 17.7. The van der Waals surface area contributed by atoms with Gasteiger partial charge in [-0.1, -0.05) is 31.9 Å². The molecular weight excluding hydrogens is 454 g/mol. The lowest BCUT2D eigenvalue weighted by atomic mass is 10.00. The third-order valence-electron chi connectivity index (χ3n) is 7.35. The molecule has 2 aliphatic heterocycles. The van der Waals surface area contributed by atoms with Gasteiger partial charge in [0.1, 0.15) is 22.8 Å². The number of fused-ring (bicyclic) bond motifs is 2. The summed E-state index contributed by atoms with van der Waals surface area (Å²) in [5.41, 5.74) is 3.47. The minimum absolute atomic E-state index is 0.0982. The Morgan fingerprint density at radius 2 is 1.86 bits per heavy atom. The Morgan fingerprint density at radius 1 is 1.06 bits per heavy atom. The van der Waals surface area contributed by atoms with E-state index in [1.165, 1.54) is 24.1 Å². The number of phenolic OH excluding ortho intramolecular Hbond substituents is 2. The molecule has 7 heteroatoms. The summed E-state index contributed by atoms with van der Waals surface area (Å²) in [4.78, 5) is 17.9. The zero-order valence-corrected chi connectivity index (χ0v) is 21.2. The number of aromatic nitrogens is 1. The predicted octanol–water partition coefficient (Wildman–Crippen LogP) is 4.65. The molecule has 7 nitrogen and oxygen atoms in total. The van der Waals surface area contributed by atoms with Crippen molar-refractivity contribution in [2.75, 3.05) is 39.8 Å². The molecule has 2 N–H and O–H groups in total. The van der Waals surface area contributed by atoms with Crippen molar-refractivity contribution in [2.24, 2.45) is 0 Å². The van der Waals surface area contributed by atoms with Crippen molar-refractivity contribution in [3.63, 3.8) is 0 Å². The van der Waals surface area contributed by atoms with Gasteiger partial charge in [-0.15, -0.1) is 0 Å². The molecular formula is C29H35N3O4. The van der Waals surface area contributed by atoms with Gasteiger partial charge in [-0.2, -0.15) is 0 Å². The number of aryl methyl sites for hydroxylation is 1. The Morgan fingerprint density at radius 3 is 2.64 bits per heavy atom. The molecule has 3 heterocycles. The molecule has 0 unspecified atom stereocenters. The van der Waals surface area contributed by atoms with Crippen LogP contribution < -0.4 is 4.74 Å². The number of carbonyl (C=O) groups is 1. The second-order valence-corrected chi connectivity index (χ2v) is 9.97. The van der Waals surface area contributed by atoms with Gasteiger partial charge in [0.05, 0.1) is 0 Å².